The van der Waals surface area contributed by atoms with Crippen LogP contribution >= 0.6 is 0 Å². The maximum atomic E-state index is 5.07. The summed E-state index contributed by atoms with van der Waals surface area (Å²) in [6.45, 7) is 4.10. The molecule has 1 fully saturated rings. The molecule has 0 spiro atoms. The number of ether oxygens (including phenoxy) is 1. The molecule has 0 radical (unpaired) electrons. The molecule has 2 aliphatic carbocycles. The molecular weight excluding hydrogens is 198 g/mol. The smallest absolute Gasteiger partial charge is 0.0587 e. The van der Waals surface area contributed by atoms with Crippen molar-refractivity contribution < 1.29 is 4.74 Å². The number of methoxy groups -OCH3 is 1. The standard InChI is InChI=1S/C14H23NO/c1-11-3-4-13-10-14(15-7-8-16-2)6-5-12(13)9-11/h4,9,11,14-15H,3,5-8,10H2,1-2H3/t11-,14?/m1/s1. The monoisotopic (exact) mass is 221 g/mol. The summed E-state index contributed by atoms with van der Waals surface area (Å²) >= 11 is 0. The Labute approximate surface area is 98.8 Å². The minimum absolute atomic E-state index is 0.659. The third-order valence-corrected chi connectivity index (χ3v) is 3.60. The van der Waals surface area contributed by atoms with Crippen LogP contribution < -0.4 is 5.32 Å². The van der Waals surface area contributed by atoms with Crippen molar-refractivity contribution in [3.63, 3.8) is 0 Å². The molecule has 0 saturated heterocycles. The Balaban J connectivity index is 1.84. The third-order valence-electron chi connectivity index (χ3n) is 3.60. The lowest BCUT2D eigenvalue weighted by atomic mass is 9.80. The van der Waals surface area contributed by atoms with Crippen molar-refractivity contribution in [2.24, 2.45) is 5.92 Å². The predicted molar refractivity (Wildman–Crippen MR) is 67.5 cm³/mol. The molecule has 2 heteroatoms. The normalized spacial score (nSPS) is 29.4. The highest BCUT2D eigenvalue weighted by atomic mass is 16.5. The molecule has 0 aromatic rings. The number of allylic oxidation sites excluding steroid dienone is 3. The van der Waals surface area contributed by atoms with E-state index in [1.165, 1.54) is 25.7 Å². The van der Waals surface area contributed by atoms with Gasteiger partial charge in [-0.25, -0.2) is 0 Å². The van der Waals surface area contributed by atoms with Crippen molar-refractivity contribution in [2.75, 3.05) is 20.3 Å². The summed E-state index contributed by atoms with van der Waals surface area (Å²) in [6.07, 6.45) is 9.89. The van der Waals surface area contributed by atoms with Crippen LogP contribution in [-0.4, -0.2) is 26.3 Å². The first kappa shape index (κ1) is 11.9. The Morgan fingerprint density at radius 1 is 1.44 bits per heavy atom. The minimum Gasteiger partial charge on any atom is -0.383 e. The molecule has 90 valence electrons. The average molecular weight is 221 g/mol. The maximum Gasteiger partial charge on any atom is 0.0587 e. The van der Waals surface area contributed by atoms with Gasteiger partial charge in [0, 0.05) is 19.7 Å². The lowest BCUT2D eigenvalue weighted by Crippen LogP contribution is -2.35. The average Bonchev–Trinajstić information content (AvgIpc) is 2.29. The van der Waals surface area contributed by atoms with Gasteiger partial charge in [-0.15, -0.1) is 0 Å². The largest absolute Gasteiger partial charge is 0.383 e. The topological polar surface area (TPSA) is 21.3 Å². The molecule has 0 heterocycles. The van der Waals surface area contributed by atoms with Gasteiger partial charge >= 0.3 is 0 Å². The highest BCUT2D eigenvalue weighted by Gasteiger charge is 2.22. The van der Waals surface area contributed by atoms with E-state index >= 15 is 0 Å². The molecule has 1 N–H and O–H groups in total. The zero-order valence-electron chi connectivity index (χ0n) is 10.5. The van der Waals surface area contributed by atoms with Crippen LogP contribution in [-0.2, 0) is 4.74 Å². The van der Waals surface area contributed by atoms with Crippen LogP contribution in [0.15, 0.2) is 23.3 Å². The minimum atomic E-state index is 0.659. The second-order valence-electron chi connectivity index (χ2n) is 5.02. The van der Waals surface area contributed by atoms with E-state index in [4.69, 9.17) is 4.74 Å². The Bertz CT molecular complexity index is 293. The van der Waals surface area contributed by atoms with Crippen LogP contribution in [0.4, 0.5) is 0 Å². The molecule has 0 amide bonds. The fraction of sp³-hybridized carbons (Fsp3) is 0.714. The molecule has 2 rings (SSSR count). The quantitative estimate of drug-likeness (QED) is 0.737. The predicted octanol–water partition coefficient (Wildman–Crippen LogP) is 2.67. The molecule has 0 aliphatic heterocycles. The van der Waals surface area contributed by atoms with Crippen LogP contribution in [0, 0.1) is 5.92 Å². The van der Waals surface area contributed by atoms with Gasteiger partial charge in [0.15, 0.2) is 0 Å². The first-order valence-corrected chi connectivity index (χ1v) is 6.42. The first-order chi connectivity index (χ1) is 7.79. The van der Waals surface area contributed by atoms with Crippen LogP contribution in [0.3, 0.4) is 0 Å². The summed E-state index contributed by atoms with van der Waals surface area (Å²) in [5.41, 5.74) is 3.21. The number of hydrogen-bond donors (Lipinski definition) is 1. The number of rotatable bonds is 4. The number of nitrogens with one attached hydrogen (secondary N) is 1. The lowest BCUT2D eigenvalue weighted by Gasteiger charge is -2.30. The third kappa shape index (κ3) is 2.96. The van der Waals surface area contributed by atoms with Gasteiger partial charge in [0.2, 0.25) is 0 Å². The zero-order chi connectivity index (χ0) is 11.4. The van der Waals surface area contributed by atoms with Crippen LogP contribution in [0.5, 0.6) is 0 Å². The molecule has 1 unspecified atom stereocenters. The molecule has 16 heavy (non-hydrogen) atoms. The molecule has 2 atom stereocenters. The summed E-state index contributed by atoms with van der Waals surface area (Å²) in [4.78, 5) is 0. The molecule has 0 aromatic carbocycles. The van der Waals surface area contributed by atoms with E-state index in [9.17, 15) is 0 Å². The van der Waals surface area contributed by atoms with Gasteiger partial charge in [-0.05, 0) is 42.7 Å². The summed E-state index contributed by atoms with van der Waals surface area (Å²) in [7, 11) is 1.76. The van der Waals surface area contributed by atoms with Gasteiger partial charge in [0.05, 0.1) is 6.61 Å². The molecule has 2 nitrogen and oxygen atoms in total. The van der Waals surface area contributed by atoms with E-state index in [0.29, 0.717) is 6.04 Å². The van der Waals surface area contributed by atoms with E-state index in [-0.39, 0.29) is 0 Å². The van der Waals surface area contributed by atoms with Crippen molar-refractivity contribution in [2.45, 2.75) is 38.6 Å². The Kier molecular flexibility index (Phi) is 4.19. The van der Waals surface area contributed by atoms with E-state index in [0.717, 1.165) is 19.1 Å². The van der Waals surface area contributed by atoms with Gasteiger partial charge in [-0.1, -0.05) is 19.1 Å². The SMILES string of the molecule is COCCNC1CCC2=C[C@H](C)CC=C2C1. The van der Waals surface area contributed by atoms with Gasteiger partial charge < -0.3 is 10.1 Å². The Morgan fingerprint density at radius 2 is 2.31 bits per heavy atom. The second kappa shape index (κ2) is 5.65. The molecule has 0 bridgehead atoms. The van der Waals surface area contributed by atoms with Crippen molar-refractivity contribution in [3.05, 3.63) is 23.3 Å². The van der Waals surface area contributed by atoms with Crippen molar-refractivity contribution in [3.8, 4) is 0 Å². The van der Waals surface area contributed by atoms with E-state index in [1.807, 2.05) is 0 Å². The molecule has 1 saturated carbocycles. The van der Waals surface area contributed by atoms with Crippen LogP contribution in [0.25, 0.3) is 0 Å². The first-order valence-electron chi connectivity index (χ1n) is 6.42. The van der Waals surface area contributed by atoms with Gasteiger partial charge in [0.25, 0.3) is 0 Å². The zero-order valence-corrected chi connectivity index (χ0v) is 10.5. The summed E-state index contributed by atoms with van der Waals surface area (Å²) in [6, 6.07) is 0.659. The summed E-state index contributed by atoms with van der Waals surface area (Å²) in [5.74, 6) is 0.747. The van der Waals surface area contributed by atoms with Gasteiger partial charge in [0.1, 0.15) is 0 Å². The molecular formula is C14H23NO. The summed E-state index contributed by atoms with van der Waals surface area (Å²) in [5, 5.41) is 3.57. The fourth-order valence-electron chi connectivity index (χ4n) is 2.67. The van der Waals surface area contributed by atoms with Gasteiger partial charge in [-0.2, -0.15) is 0 Å². The van der Waals surface area contributed by atoms with Crippen molar-refractivity contribution >= 4 is 0 Å². The fourth-order valence-corrected chi connectivity index (χ4v) is 2.67. The highest BCUT2D eigenvalue weighted by Crippen LogP contribution is 2.34. The lowest BCUT2D eigenvalue weighted by molar-refractivity contribution is 0.194. The molecule has 0 aromatic heterocycles. The van der Waals surface area contributed by atoms with E-state index in [2.05, 4.69) is 24.4 Å². The van der Waals surface area contributed by atoms with Gasteiger partial charge in [-0.3, -0.25) is 0 Å². The van der Waals surface area contributed by atoms with E-state index < -0.39 is 0 Å². The molecule has 2 aliphatic rings. The Hall–Kier alpha value is -0.600. The summed E-state index contributed by atoms with van der Waals surface area (Å²) < 4.78 is 5.07. The Morgan fingerprint density at radius 3 is 3.12 bits per heavy atom. The van der Waals surface area contributed by atoms with Crippen LogP contribution in [0.1, 0.15) is 32.6 Å². The second-order valence-corrected chi connectivity index (χ2v) is 5.02. The number of hydrogen-bond acceptors (Lipinski definition) is 2. The maximum absolute atomic E-state index is 5.07. The van der Waals surface area contributed by atoms with Crippen molar-refractivity contribution in [1.29, 1.82) is 0 Å². The highest BCUT2D eigenvalue weighted by molar-refractivity contribution is 5.37. The van der Waals surface area contributed by atoms with Crippen LogP contribution in [0.2, 0.25) is 0 Å². The van der Waals surface area contributed by atoms with E-state index in [1.54, 1.807) is 18.3 Å². The number of fused-ring (bicyclic) bond motifs is 1. The van der Waals surface area contributed by atoms with Crippen molar-refractivity contribution in [1.82, 2.24) is 5.32 Å².